The van der Waals surface area contributed by atoms with Gasteiger partial charge < -0.3 is 19.5 Å². The van der Waals surface area contributed by atoms with E-state index >= 15 is 0 Å². The first-order valence-corrected chi connectivity index (χ1v) is 12.4. The van der Waals surface area contributed by atoms with Gasteiger partial charge in [0.05, 0.1) is 5.56 Å². The standard InChI is InChI=1S/C29H30N4O4/c1-20(2)33-18-22(16-21(17-30)29(33)36)28(35)25-8-4-5-9-26(25)37-19-27(34)31-23-10-12-24(13-11-23)32-14-6-3-7-15-32/h4-5,8-13,16,18,20H,3,6-7,14-15,19H2,1-2H3,(H,31,34). The summed E-state index contributed by atoms with van der Waals surface area (Å²) in [6.45, 7) is 5.41. The van der Waals surface area contributed by atoms with E-state index in [9.17, 15) is 19.6 Å². The summed E-state index contributed by atoms with van der Waals surface area (Å²) < 4.78 is 7.08. The normalized spacial score (nSPS) is 13.2. The Kier molecular flexibility index (Phi) is 8.04. The van der Waals surface area contributed by atoms with Crippen molar-refractivity contribution in [2.24, 2.45) is 0 Å². The van der Waals surface area contributed by atoms with Gasteiger partial charge in [0.15, 0.2) is 12.4 Å². The Morgan fingerprint density at radius 1 is 1.05 bits per heavy atom. The number of amides is 1. The van der Waals surface area contributed by atoms with Crippen molar-refractivity contribution in [3.8, 4) is 11.8 Å². The number of rotatable bonds is 8. The maximum atomic E-state index is 13.3. The summed E-state index contributed by atoms with van der Waals surface area (Å²) in [5.41, 5.74) is 1.68. The van der Waals surface area contributed by atoms with Crippen molar-refractivity contribution in [3.63, 3.8) is 0 Å². The van der Waals surface area contributed by atoms with Gasteiger partial charge in [-0.05, 0) is 75.6 Å². The van der Waals surface area contributed by atoms with E-state index in [1.165, 1.54) is 36.1 Å². The van der Waals surface area contributed by atoms with E-state index in [4.69, 9.17) is 4.74 Å². The molecule has 4 rings (SSSR count). The van der Waals surface area contributed by atoms with Crippen molar-refractivity contribution in [1.29, 1.82) is 5.26 Å². The molecule has 1 aliphatic heterocycles. The Balaban J connectivity index is 1.44. The molecule has 1 aromatic heterocycles. The van der Waals surface area contributed by atoms with Crippen LogP contribution in [0.1, 0.15) is 60.6 Å². The molecule has 0 saturated carbocycles. The minimum absolute atomic E-state index is 0.108. The van der Waals surface area contributed by atoms with Crippen LogP contribution in [0.25, 0.3) is 0 Å². The Bertz CT molecular complexity index is 1380. The number of pyridine rings is 1. The highest BCUT2D eigenvalue weighted by Gasteiger charge is 2.19. The van der Waals surface area contributed by atoms with Crippen LogP contribution in [0.3, 0.4) is 0 Å². The lowest BCUT2D eigenvalue weighted by Gasteiger charge is -2.28. The van der Waals surface area contributed by atoms with Gasteiger partial charge in [0.2, 0.25) is 0 Å². The van der Waals surface area contributed by atoms with Crippen molar-refractivity contribution in [2.45, 2.75) is 39.2 Å². The molecule has 2 heterocycles. The summed E-state index contributed by atoms with van der Waals surface area (Å²) in [7, 11) is 0. The number of benzene rings is 2. The zero-order chi connectivity index (χ0) is 26.4. The summed E-state index contributed by atoms with van der Waals surface area (Å²) >= 11 is 0. The maximum absolute atomic E-state index is 13.3. The lowest BCUT2D eigenvalue weighted by atomic mass is 10.0. The van der Waals surface area contributed by atoms with Crippen LogP contribution in [0.2, 0.25) is 0 Å². The second-order valence-electron chi connectivity index (χ2n) is 9.32. The summed E-state index contributed by atoms with van der Waals surface area (Å²) in [6.07, 6.45) is 5.11. The first-order chi connectivity index (χ1) is 17.9. The molecular weight excluding hydrogens is 468 g/mol. The molecule has 8 nitrogen and oxygen atoms in total. The molecule has 1 saturated heterocycles. The van der Waals surface area contributed by atoms with Crippen LogP contribution in [0, 0.1) is 11.3 Å². The van der Waals surface area contributed by atoms with Gasteiger partial charge >= 0.3 is 0 Å². The third-order valence-electron chi connectivity index (χ3n) is 6.34. The minimum Gasteiger partial charge on any atom is -0.483 e. The topological polar surface area (TPSA) is 104 Å². The highest BCUT2D eigenvalue weighted by molar-refractivity contribution is 6.10. The third kappa shape index (κ3) is 6.07. The molecule has 0 aliphatic carbocycles. The monoisotopic (exact) mass is 498 g/mol. The number of aromatic nitrogens is 1. The molecule has 0 atom stereocenters. The first-order valence-electron chi connectivity index (χ1n) is 12.4. The number of nitrogens with one attached hydrogen (secondary N) is 1. The van der Waals surface area contributed by atoms with E-state index in [-0.39, 0.29) is 41.0 Å². The first kappa shape index (κ1) is 25.7. The van der Waals surface area contributed by atoms with Gasteiger partial charge in [-0.2, -0.15) is 5.26 Å². The summed E-state index contributed by atoms with van der Waals surface area (Å²) in [5.74, 6) is -0.521. The minimum atomic E-state index is -0.445. The van der Waals surface area contributed by atoms with Crippen LogP contribution in [0.15, 0.2) is 65.6 Å². The van der Waals surface area contributed by atoms with Gasteiger partial charge in [-0.25, -0.2) is 0 Å². The molecule has 0 bridgehead atoms. The highest BCUT2D eigenvalue weighted by Crippen LogP contribution is 2.24. The number of nitriles is 1. The molecule has 1 fully saturated rings. The van der Waals surface area contributed by atoms with Gasteiger partial charge in [-0.1, -0.05) is 12.1 Å². The largest absolute Gasteiger partial charge is 0.483 e. The quantitative estimate of drug-likeness (QED) is 0.457. The van der Waals surface area contributed by atoms with Crippen LogP contribution in [0.4, 0.5) is 11.4 Å². The molecule has 190 valence electrons. The fourth-order valence-electron chi connectivity index (χ4n) is 4.37. The molecular formula is C29H30N4O4. The number of nitrogens with zero attached hydrogens (tertiary/aromatic N) is 3. The summed E-state index contributed by atoms with van der Waals surface area (Å²) in [4.78, 5) is 40.6. The molecule has 1 aliphatic rings. The molecule has 1 N–H and O–H groups in total. The van der Waals surface area contributed by atoms with Gasteiger partial charge in [-0.3, -0.25) is 14.4 Å². The lowest BCUT2D eigenvalue weighted by molar-refractivity contribution is -0.118. The number of piperidine rings is 1. The van der Waals surface area contributed by atoms with Crippen molar-refractivity contribution in [2.75, 3.05) is 29.9 Å². The van der Waals surface area contributed by atoms with Crippen LogP contribution in [-0.4, -0.2) is 36.0 Å². The number of anilines is 2. The number of para-hydroxylation sites is 1. The number of ether oxygens (including phenoxy) is 1. The number of ketones is 1. The van der Waals surface area contributed by atoms with E-state index in [1.807, 2.05) is 30.3 Å². The third-order valence-corrected chi connectivity index (χ3v) is 6.34. The van der Waals surface area contributed by atoms with Crippen molar-refractivity contribution < 1.29 is 14.3 Å². The molecule has 0 spiro atoms. The number of carbonyl (C=O) groups is 2. The van der Waals surface area contributed by atoms with Crippen molar-refractivity contribution in [1.82, 2.24) is 4.57 Å². The van der Waals surface area contributed by atoms with Gasteiger partial charge in [0, 0.05) is 42.3 Å². The Labute approximate surface area is 216 Å². The van der Waals surface area contributed by atoms with E-state index in [0.29, 0.717) is 5.69 Å². The fourth-order valence-corrected chi connectivity index (χ4v) is 4.37. The predicted octanol–water partition coefficient (Wildman–Crippen LogP) is 4.54. The Hall–Kier alpha value is -4.38. The molecule has 0 radical (unpaired) electrons. The zero-order valence-electron chi connectivity index (χ0n) is 21.1. The SMILES string of the molecule is CC(C)n1cc(C(=O)c2ccccc2OCC(=O)Nc2ccc(N3CCCCC3)cc2)cc(C#N)c1=O. The maximum Gasteiger partial charge on any atom is 0.268 e. The average Bonchev–Trinajstić information content (AvgIpc) is 2.92. The van der Waals surface area contributed by atoms with Crippen molar-refractivity contribution >= 4 is 23.1 Å². The van der Waals surface area contributed by atoms with E-state index in [2.05, 4.69) is 10.2 Å². The summed E-state index contributed by atoms with van der Waals surface area (Å²) in [6, 6.07) is 17.3. The number of carbonyl (C=O) groups excluding carboxylic acids is 2. The van der Waals surface area contributed by atoms with Crippen LogP contribution >= 0.6 is 0 Å². The van der Waals surface area contributed by atoms with Crippen LogP contribution in [-0.2, 0) is 4.79 Å². The molecule has 2 aromatic carbocycles. The zero-order valence-corrected chi connectivity index (χ0v) is 21.1. The second-order valence-corrected chi connectivity index (χ2v) is 9.32. The average molecular weight is 499 g/mol. The second kappa shape index (κ2) is 11.6. The molecule has 3 aromatic rings. The molecule has 1 amide bonds. The number of hydrogen-bond donors (Lipinski definition) is 1. The van der Waals surface area contributed by atoms with E-state index in [1.54, 1.807) is 38.1 Å². The van der Waals surface area contributed by atoms with Gasteiger partial charge in [-0.15, -0.1) is 0 Å². The molecule has 8 heteroatoms. The molecule has 37 heavy (non-hydrogen) atoms. The Morgan fingerprint density at radius 3 is 2.43 bits per heavy atom. The number of hydrogen-bond acceptors (Lipinski definition) is 6. The van der Waals surface area contributed by atoms with E-state index < -0.39 is 11.3 Å². The summed E-state index contributed by atoms with van der Waals surface area (Å²) in [5, 5.41) is 12.2. The van der Waals surface area contributed by atoms with Crippen LogP contribution < -0.4 is 20.5 Å². The van der Waals surface area contributed by atoms with Gasteiger partial charge in [0.25, 0.3) is 11.5 Å². The molecule has 0 unspecified atom stereocenters. The highest BCUT2D eigenvalue weighted by atomic mass is 16.5. The van der Waals surface area contributed by atoms with Gasteiger partial charge in [0.1, 0.15) is 17.4 Å². The Morgan fingerprint density at radius 2 is 1.76 bits per heavy atom. The van der Waals surface area contributed by atoms with E-state index in [0.717, 1.165) is 18.8 Å². The fraction of sp³-hybridized carbons (Fsp3) is 0.310. The van der Waals surface area contributed by atoms with Crippen LogP contribution in [0.5, 0.6) is 5.75 Å². The van der Waals surface area contributed by atoms with Crippen molar-refractivity contribution in [3.05, 3.63) is 87.8 Å². The lowest BCUT2D eigenvalue weighted by Crippen LogP contribution is -2.29. The predicted molar refractivity (Wildman–Crippen MR) is 142 cm³/mol. The smallest absolute Gasteiger partial charge is 0.268 e.